The van der Waals surface area contributed by atoms with E-state index in [1.807, 2.05) is 18.2 Å². The van der Waals surface area contributed by atoms with Gasteiger partial charge < -0.3 is 15.8 Å². The predicted octanol–water partition coefficient (Wildman–Crippen LogP) is 0.945. The number of methoxy groups -OCH3 is 1. The zero-order valence-electron chi connectivity index (χ0n) is 11.7. The summed E-state index contributed by atoms with van der Waals surface area (Å²) in [5.41, 5.74) is 7.49. The number of fused-ring (bicyclic) bond motifs is 3. The van der Waals surface area contributed by atoms with Gasteiger partial charge in [0, 0.05) is 17.8 Å². The van der Waals surface area contributed by atoms with Crippen molar-refractivity contribution in [2.75, 3.05) is 25.9 Å². The zero-order valence-corrected chi connectivity index (χ0v) is 11.7. The molecule has 0 bridgehead atoms. The summed E-state index contributed by atoms with van der Waals surface area (Å²) in [6.45, 7) is 1.91. The summed E-state index contributed by atoms with van der Waals surface area (Å²) in [5, 5.41) is 8.76. The first-order valence-corrected chi connectivity index (χ1v) is 6.97. The van der Waals surface area contributed by atoms with E-state index in [4.69, 9.17) is 15.5 Å². The smallest absolute Gasteiger partial charge is 0.223 e. The van der Waals surface area contributed by atoms with Gasteiger partial charge in [0.2, 0.25) is 5.95 Å². The average Bonchev–Trinajstić information content (AvgIpc) is 3.16. The van der Waals surface area contributed by atoms with Crippen LogP contribution in [0.4, 0.5) is 5.95 Å². The number of nitrogens with zero attached hydrogens (tertiary/aromatic N) is 4. The lowest BCUT2D eigenvalue weighted by Gasteiger charge is -2.06. The number of nitrogen functional groups attached to an aromatic ring is 1. The Bertz CT molecular complexity index is 821. The van der Waals surface area contributed by atoms with Crippen LogP contribution >= 0.6 is 0 Å². The summed E-state index contributed by atoms with van der Waals surface area (Å²) in [6, 6.07) is 5.75. The minimum atomic E-state index is 0.326. The van der Waals surface area contributed by atoms with Gasteiger partial charge in [-0.25, -0.2) is 9.97 Å². The number of hydrogen-bond donors (Lipinski definition) is 2. The molecule has 108 valence electrons. The Morgan fingerprint density at radius 3 is 3.05 bits per heavy atom. The Kier molecular flexibility index (Phi) is 2.68. The quantitative estimate of drug-likeness (QED) is 0.728. The number of benzene rings is 1. The van der Waals surface area contributed by atoms with E-state index in [1.54, 1.807) is 11.6 Å². The number of ether oxygens (including phenoxy) is 1. The highest BCUT2D eigenvalue weighted by Crippen LogP contribution is 2.29. The SMILES string of the molecule is COc1cccc2c1nc(N)n1nc(C3CCNC3)nc21. The third-order valence-electron chi connectivity index (χ3n) is 3.95. The summed E-state index contributed by atoms with van der Waals surface area (Å²) >= 11 is 0. The van der Waals surface area contributed by atoms with Gasteiger partial charge >= 0.3 is 0 Å². The number of para-hydroxylation sites is 1. The molecule has 3 aromatic rings. The second-order valence-electron chi connectivity index (χ2n) is 5.22. The Morgan fingerprint density at radius 1 is 1.38 bits per heavy atom. The first-order valence-electron chi connectivity index (χ1n) is 6.97. The summed E-state index contributed by atoms with van der Waals surface area (Å²) < 4.78 is 6.97. The van der Waals surface area contributed by atoms with Gasteiger partial charge in [0.05, 0.1) is 7.11 Å². The van der Waals surface area contributed by atoms with Crippen LogP contribution in [0, 0.1) is 0 Å². The molecule has 1 aliphatic heterocycles. The lowest BCUT2D eigenvalue weighted by Crippen LogP contribution is -2.09. The molecule has 0 saturated carbocycles. The summed E-state index contributed by atoms with van der Waals surface area (Å²) in [4.78, 5) is 9.11. The van der Waals surface area contributed by atoms with Crippen molar-refractivity contribution in [1.82, 2.24) is 24.9 Å². The fourth-order valence-electron chi connectivity index (χ4n) is 2.85. The highest BCUT2D eigenvalue weighted by molar-refractivity contribution is 5.95. The van der Waals surface area contributed by atoms with Crippen molar-refractivity contribution in [2.45, 2.75) is 12.3 Å². The zero-order chi connectivity index (χ0) is 14.4. The van der Waals surface area contributed by atoms with Crippen molar-refractivity contribution in [3.63, 3.8) is 0 Å². The average molecular weight is 284 g/mol. The molecule has 3 heterocycles. The van der Waals surface area contributed by atoms with Gasteiger partial charge in [0.25, 0.3) is 0 Å². The van der Waals surface area contributed by atoms with Crippen LogP contribution in [0.15, 0.2) is 18.2 Å². The van der Waals surface area contributed by atoms with Crippen LogP contribution in [-0.2, 0) is 0 Å². The molecule has 21 heavy (non-hydrogen) atoms. The van der Waals surface area contributed by atoms with Crippen LogP contribution in [0.3, 0.4) is 0 Å². The molecule has 1 aromatic carbocycles. The van der Waals surface area contributed by atoms with E-state index in [0.717, 1.165) is 36.4 Å². The molecule has 0 radical (unpaired) electrons. The summed E-state index contributed by atoms with van der Waals surface area (Å²) in [6.07, 6.45) is 1.05. The topological polar surface area (TPSA) is 90.4 Å². The number of rotatable bonds is 2. The fraction of sp³-hybridized carbons (Fsp3) is 0.357. The van der Waals surface area contributed by atoms with E-state index in [2.05, 4.69) is 15.4 Å². The Balaban J connectivity index is 2.00. The maximum atomic E-state index is 6.04. The van der Waals surface area contributed by atoms with Gasteiger partial charge in [0.1, 0.15) is 11.3 Å². The minimum Gasteiger partial charge on any atom is -0.494 e. The molecule has 7 heteroatoms. The first-order chi connectivity index (χ1) is 10.3. The van der Waals surface area contributed by atoms with Crippen LogP contribution in [-0.4, -0.2) is 39.8 Å². The monoisotopic (exact) mass is 284 g/mol. The molecule has 7 nitrogen and oxygen atoms in total. The molecule has 1 atom stereocenters. The molecule has 0 amide bonds. The van der Waals surface area contributed by atoms with Gasteiger partial charge in [-0.3, -0.25) is 0 Å². The Labute approximate surface area is 121 Å². The van der Waals surface area contributed by atoms with Crippen molar-refractivity contribution in [2.24, 2.45) is 0 Å². The highest BCUT2D eigenvalue weighted by Gasteiger charge is 2.23. The predicted molar refractivity (Wildman–Crippen MR) is 79.5 cm³/mol. The summed E-state index contributed by atoms with van der Waals surface area (Å²) in [7, 11) is 1.62. The minimum absolute atomic E-state index is 0.326. The van der Waals surface area contributed by atoms with Gasteiger partial charge in [-0.05, 0) is 25.1 Å². The van der Waals surface area contributed by atoms with Gasteiger partial charge in [-0.1, -0.05) is 6.07 Å². The summed E-state index contributed by atoms with van der Waals surface area (Å²) in [5.74, 6) is 2.18. The maximum Gasteiger partial charge on any atom is 0.223 e. The van der Waals surface area contributed by atoms with E-state index < -0.39 is 0 Å². The van der Waals surface area contributed by atoms with Crippen molar-refractivity contribution in [1.29, 1.82) is 0 Å². The number of anilines is 1. The van der Waals surface area contributed by atoms with E-state index in [1.165, 1.54) is 0 Å². The fourth-order valence-corrected chi connectivity index (χ4v) is 2.85. The van der Waals surface area contributed by atoms with Crippen LogP contribution < -0.4 is 15.8 Å². The van der Waals surface area contributed by atoms with Gasteiger partial charge in [0.15, 0.2) is 11.5 Å². The van der Waals surface area contributed by atoms with Gasteiger partial charge in [-0.15, -0.1) is 5.10 Å². The van der Waals surface area contributed by atoms with E-state index in [-0.39, 0.29) is 0 Å². The van der Waals surface area contributed by atoms with Crippen LogP contribution in [0.1, 0.15) is 18.2 Å². The van der Waals surface area contributed by atoms with E-state index in [9.17, 15) is 0 Å². The normalized spacial score (nSPS) is 18.6. The maximum absolute atomic E-state index is 6.04. The van der Waals surface area contributed by atoms with Crippen LogP contribution in [0.5, 0.6) is 5.75 Å². The molecule has 1 unspecified atom stereocenters. The van der Waals surface area contributed by atoms with Crippen molar-refractivity contribution < 1.29 is 4.74 Å². The third kappa shape index (κ3) is 1.81. The van der Waals surface area contributed by atoms with Crippen molar-refractivity contribution >= 4 is 22.5 Å². The number of nitrogens with one attached hydrogen (secondary N) is 1. The molecule has 2 aromatic heterocycles. The van der Waals surface area contributed by atoms with Gasteiger partial charge in [-0.2, -0.15) is 4.52 Å². The molecule has 1 saturated heterocycles. The van der Waals surface area contributed by atoms with Crippen molar-refractivity contribution in [3.8, 4) is 5.75 Å². The van der Waals surface area contributed by atoms with Crippen LogP contribution in [0.25, 0.3) is 16.6 Å². The first kappa shape index (κ1) is 12.3. The van der Waals surface area contributed by atoms with E-state index in [0.29, 0.717) is 23.1 Å². The number of hydrogen-bond acceptors (Lipinski definition) is 6. The Hall–Kier alpha value is -2.41. The molecular formula is C14H16N6O. The number of aromatic nitrogens is 4. The molecular weight excluding hydrogens is 268 g/mol. The lowest BCUT2D eigenvalue weighted by molar-refractivity contribution is 0.419. The molecule has 0 aliphatic carbocycles. The molecule has 1 aliphatic rings. The number of nitrogens with two attached hydrogens (primary N) is 1. The standard InChI is InChI=1S/C14H16N6O/c1-21-10-4-2-3-9-11(10)17-14(15)20-13(9)18-12(19-20)8-5-6-16-7-8/h2-4,8,16H,5-7H2,1H3,(H2,15,17). The molecule has 1 fully saturated rings. The molecule has 4 rings (SSSR count). The Morgan fingerprint density at radius 2 is 2.29 bits per heavy atom. The second-order valence-corrected chi connectivity index (χ2v) is 5.22. The highest BCUT2D eigenvalue weighted by atomic mass is 16.5. The van der Waals surface area contributed by atoms with E-state index >= 15 is 0 Å². The van der Waals surface area contributed by atoms with Crippen molar-refractivity contribution in [3.05, 3.63) is 24.0 Å². The second kappa shape index (κ2) is 4.56. The van der Waals surface area contributed by atoms with Crippen LogP contribution in [0.2, 0.25) is 0 Å². The largest absolute Gasteiger partial charge is 0.494 e. The molecule has 3 N–H and O–H groups in total. The molecule has 0 spiro atoms. The third-order valence-corrected chi connectivity index (χ3v) is 3.95. The lowest BCUT2D eigenvalue weighted by atomic mass is 10.1.